The van der Waals surface area contributed by atoms with Gasteiger partial charge in [0.15, 0.2) is 4.99 Å². The molecule has 1 atom stereocenters. The van der Waals surface area contributed by atoms with E-state index in [1.165, 1.54) is 6.92 Å². The van der Waals surface area contributed by atoms with Gasteiger partial charge >= 0.3 is 18.0 Å². The Morgan fingerprint density at radius 1 is 1.31 bits per heavy atom. The average Bonchev–Trinajstić information content (AvgIpc) is 2.61. The largest absolute Gasteiger partial charge is 0.461 e. The summed E-state index contributed by atoms with van der Waals surface area (Å²) in [4.78, 5) is 62.8. The molecule has 0 aliphatic carbocycles. The van der Waals surface area contributed by atoms with Gasteiger partial charge in [-0.3, -0.25) is 19.3 Å². The van der Waals surface area contributed by atoms with E-state index in [0.717, 1.165) is 16.7 Å². The van der Waals surface area contributed by atoms with Gasteiger partial charge in [-0.15, -0.1) is 17.2 Å². The smallest absolute Gasteiger partial charge is 0.440 e. The number of hydrogen-bond acceptors (Lipinski definition) is 9. The monoisotopic (exact) mass is 489 g/mol. The molecular formula is C14H14Cl3N3O8S. The van der Waals surface area contributed by atoms with Crippen LogP contribution in [0.15, 0.2) is 11.3 Å². The van der Waals surface area contributed by atoms with Crippen LogP contribution in [-0.4, -0.2) is 63.0 Å². The fourth-order valence-corrected chi connectivity index (χ4v) is 3.90. The Morgan fingerprint density at radius 2 is 2.00 bits per heavy atom. The van der Waals surface area contributed by atoms with Crippen LogP contribution >= 0.6 is 46.6 Å². The number of β-lactam (4-membered cyclic amide) rings is 1. The van der Waals surface area contributed by atoms with Crippen molar-refractivity contribution in [3.05, 3.63) is 11.3 Å². The van der Waals surface area contributed by atoms with Gasteiger partial charge in [0.05, 0.1) is 6.42 Å². The van der Waals surface area contributed by atoms with Crippen molar-refractivity contribution in [1.82, 2.24) is 15.7 Å². The first-order valence-corrected chi connectivity index (χ1v) is 9.85. The van der Waals surface area contributed by atoms with E-state index in [1.807, 2.05) is 0 Å². The molecule has 2 rings (SSSR count). The van der Waals surface area contributed by atoms with E-state index >= 15 is 0 Å². The fourth-order valence-electron chi connectivity index (χ4n) is 2.42. The van der Waals surface area contributed by atoms with Gasteiger partial charge in [-0.25, -0.2) is 9.59 Å². The molecule has 0 aromatic carbocycles. The van der Waals surface area contributed by atoms with Crippen LogP contribution in [0.5, 0.6) is 0 Å². The summed E-state index contributed by atoms with van der Waals surface area (Å²) in [5.41, 5.74) is 1.65. The molecule has 0 aromatic heterocycles. The van der Waals surface area contributed by atoms with Crippen molar-refractivity contribution in [2.45, 2.75) is 22.1 Å². The summed E-state index contributed by atoms with van der Waals surface area (Å²) in [6.45, 7) is 0.254. The van der Waals surface area contributed by atoms with Crippen molar-refractivity contribution in [3.63, 3.8) is 0 Å². The first kappa shape index (κ1) is 23.4. The van der Waals surface area contributed by atoms with Crippen LogP contribution in [0.3, 0.4) is 0 Å². The van der Waals surface area contributed by atoms with Gasteiger partial charge in [0.2, 0.25) is 16.1 Å². The number of amides is 3. The van der Waals surface area contributed by atoms with Crippen LogP contribution in [0.1, 0.15) is 13.3 Å². The standard InChI is InChI=1S/C14H14Cl3N3O8S/c1-7(22)26-3-8-4-29-14(18-6-21)2-9(23)20(14)10(8)11(24)28-19-12(25)27-5-13(15,16)17/h6H,2-5H2,1H3,(H,18,21)(H,19,25). The van der Waals surface area contributed by atoms with Crippen LogP contribution in [0.25, 0.3) is 0 Å². The van der Waals surface area contributed by atoms with Gasteiger partial charge in [0, 0.05) is 18.2 Å². The highest BCUT2D eigenvalue weighted by molar-refractivity contribution is 8.01. The third-order valence-corrected chi connectivity index (χ3v) is 5.31. The number of hydrogen-bond donors (Lipinski definition) is 2. The molecule has 2 heterocycles. The van der Waals surface area contributed by atoms with Gasteiger partial charge in [-0.05, 0) is 0 Å². The summed E-state index contributed by atoms with van der Waals surface area (Å²) in [7, 11) is 0. The number of rotatable bonds is 6. The maximum Gasteiger partial charge on any atom is 0.440 e. The van der Waals surface area contributed by atoms with E-state index in [4.69, 9.17) is 39.5 Å². The SMILES string of the molecule is CC(=O)OCC1=C(C(=O)ONC(=O)OCC(Cl)(Cl)Cl)N2C(=O)CC2(NC=O)SC1. The summed E-state index contributed by atoms with van der Waals surface area (Å²) >= 11 is 17.5. The van der Waals surface area contributed by atoms with Gasteiger partial charge in [0.25, 0.3) is 0 Å². The number of hydroxylamine groups is 1. The van der Waals surface area contributed by atoms with E-state index in [0.29, 0.717) is 6.41 Å². The second-order valence-electron chi connectivity index (χ2n) is 5.66. The van der Waals surface area contributed by atoms with Crippen LogP contribution < -0.4 is 10.8 Å². The number of halogens is 3. The molecule has 1 saturated heterocycles. The van der Waals surface area contributed by atoms with E-state index in [9.17, 15) is 24.0 Å². The minimum Gasteiger partial charge on any atom is -0.461 e. The van der Waals surface area contributed by atoms with Crippen molar-refractivity contribution in [2.75, 3.05) is 19.0 Å². The Morgan fingerprint density at radius 3 is 2.55 bits per heavy atom. The minimum absolute atomic E-state index is 0.0627. The molecule has 0 saturated carbocycles. The van der Waals surface area contributed by atoms with Crippen LogP contribution in [-0.2, 0) is 33.5 Å². The lowest BCUT2D eigenvalue weighted by Crippen LogP contribution is -2.70. The van der Waals surface area contributed by atoms with E-state index < -0.39 is 39.3 Å². The molecule has 1 unspecified atom stereocenters. The summed E-state index contributed by atoms with van der Waals surface area (Å²) in [5, 5.41) is 2.48. The number of nitrogens with one attached hydrogen (secondary N) is 2. The first-order valence-electron chi connectivity index (χ1n) is 7.73. The van der Waals surface area contributed by atoms with E-state index in [-0.39, 0.29) is 30.1 Å². The summed E-state index contributed by atoms with van der Waals surface area (Å²) in [6.07, 6.45) is -0.907. The number of nitrogens with zero attached hydrogens (tertiary/aromatic N) is 1. The number of carbonyl (C=O) groups is 5. The van der Waals surface area contributed by atoms with E-state index in [2.05, 4.69) is 14.9 Å². The molecule has 15 heteroatoms. The molecule has 2 N–H and O–H groups in total. The Kier molecular flexibility index (Phi) is 7.49. The predicted molar refractivity (Wildman–Crippen MR) is 100 cm³/mol. The van der Waals surface area contributed by atoms with Crippen LogP contribution in [0.4, 0.5) is 4.79 Å². The maximum atomic E-state index is 12.6. The van der Waals surface area contributed by atoms with E-state index in [1.54, 1.807) is 5.48 Å². The highest BCUT2D eigenvalue weighted by atomic mass is 35.6. The quantitative estimate of drug-likeness (QED) is 0.138. The molecule has 0 aromatic rings. The number of alkyl halides is 3. The van der Waals surface area contributed by atoms with Crippen molar-refractivity contribution in [1.29, 1.82) is 0 Å². The third-order valence-electron chi connectivity index (χ3n) is 3.57. The molecule has 0 spiro atoms. The molecule has 3 amide bonds. The van der Waals surface area contributed by atoms with Gasteiger partial charge in [-0.2, -0.15) is 0 Å². The Bertz CT molecular complexity index is 768. The highest BCUT2D eigenvalue weighted by Gasteiger charge is 2.58. The number of esters is 1. The molecule has 160 valence electrons. The Hall–Kier alpha value is -1.89. The molecule has 2 aliphatic rings. The summed E-state index contributed by atoms with van der Waals surface area (Å²) < 4.78 is 7.57. The van der Waals surface area contributed by atoms with Crippen molar-refractivity contribution >= 4 is 76.9 Å². The normalized spacial score (nSPS) is 20.8. The van der Waals surface area contributed by atoms with Gasteiger partial charge in [-0.1, -0.05) is 34.8 Å². The van der Waals surface area contributed by atoms with Crippen LogP contribution in [0, 0.1) is 0 Å². The number of thioether (sulfide) groups is 1. The zero-order chi connectivity index (χ0) is 21.8. The second-order valence-corrected chi connectivity index (χ2v) is 9.43. The highest BCUT2D eigenvalue weighted by Crippen LogP contribution is 2.47. The minimum atomic E-state index is -1.87. The lowest BCUT2D eigenvalue weighted by molar-refractivity contribution is -0.158. The Labute approximate surface area is 183 Å². The zero-order valence-corrected chi connectivity index (χ0v) is 17.7. The number of ether oxygens (including phenoxy) is 2. The Balaban J connectivity index is 2.16. The fraction of sp³-hybridized carbons (Fsp3) is 0.500. The van der Waals surface area contributed by atoms with Crippen molar-refractivity contribution in [3.8, 4) is 0 Å². The summed E-state index contributed by atoms with van der Waals surface area (Å²) in [5.74, 6) is -2.11. The van der Waals surface area contributed by atoms with Gasteiger partial charge < -0.3 is 19.6 Å². The first-order chi connectivity index (χ1) is 13.5. The second kappa shape index (κ2) is 9.28. The number of carbonyl (C=O) groups excluding carboxylic acids is 5. The number of fused-ring (bicyclic) bond motifs is 1. The van der Waals surface area contributed by atoms with Crippen molar-refractivity contribution in [2.24, 2.45) is 0 Å². The predicted octanol–water partition coefficient (Wildman–Crippen LogP) is 0.737. The molecule has 2 aliphatic heterocycles. The lowest BCUT2D eigenvalue weighted by atomic mass is 10.0. The van der Waals surface area contributed by atoms with Gasteiger partial charge in [0.1, 0.15) is 18.9 Å². The average molecular weight is 491 g/mol. The topological polar surface area (TPSA) is 140 Å². The molecule has 11 nitrogen and oxygen atoms in total. The van der Waals surface area contributed by atoms with Crippen molar-refractivity contribution < 1.29 is 38.3 Å². The molecule has 1 fully saturated rings. The zero-order valence-electron chi connectivity index (χ0n) is 14.7. The molecule has 0 radical (unpaired) electrons. The molecular weight excluding hydrogens is 477 g/mol. The lowest BCUT2D eigenvalue weighted by Gasteiger charge is -2.53. The third kappa shape index (κ3) is 5.81. The molecule has 0 bridgehead atoms. The summed E-state index contributed by atoms with van der Waals surface area (Å²) in [6, 6.07) is 0. The maximum absolute atomic E-state index is 12.6. The van der Waals surface area contributed by atoms with Crippen LogP contribution in [0.2, 0.25) is 0 Å². The molecule has 29 heavy (non-hydrogen) atoms.